The quantitative estimate of drug-likeness (QED) is 0.720. The summed E-state index contributed by atoms with van der Waals surface area (Å²) in [6.07, 6.45) is 0. The van der Waals surface area contributed by atoms with Crippen molar-refractivity contribution >= 4 is 5.97 Å². The van der Waals surface area contributed by atoms with Crippen molar-refractivity contribution in [3.8, 4) is 0 Å². The van der Waals surface area contributed by atoms with E-state index in [1.54, 1.807) is 13.0 Å². The predicted molar refractivity (Wildman–Crippen MR) is 61.4 cm³/mol. The third-order valence-electron chi connectivity index (χ3n) is 2.01. The van der Waals surface area contributed by atoms with Crippen molar-refractivity contribution in [1.82, 2.24) is 9.97 Å². The third-order valence-corrected chi connectivity index (χ3v) is 2.01. The van der Waals surface area contributed by atoms with Crippen molar-refractivity contribution < 1.29 is 9.53 Å². The molecule has 0 saturated carbocycles. The van der Waals surface area contributed by atoms with Crippen molar-refractivity contribution in [2.45, 2.75) is 40.0 Å². The highest BCUT2D eigenvalue weighted by Crippen LogP contribution is 2.18. The zero-order valence-electron chi connectivity index (χ0n) is 10.5. The van der Waals surface area contributed by atoms with Crippen molar-refractivity contribution in [2.75, 3.05) is 6.61 Å². The van der Waals surface area contributed by atoms with E-state index >= 15 is 0 Å². The van der Waals surface area contributed by atoms with Crippen LogP contribution in [-0.4, -0.2) is 22.5 Å². The number of hydrogen-bond acceptors (Lipinski definition) is 4. The molecule has 0 aliphatic rings. The number of esters is 1. The zero-order valence-corrected chi connectivity index (χ0v) is 10.5. The Labute approximate surface area is 96.1 Å². The highest BCUT2D eigenvalue weighted by atomic mass is 16.5. The van der Waals surface area contributed by atoms with Crippen LogP contribution in [0.1, 0.15) is 49.7 Å². The minimum absolute atomic E-state index is 0.173. The molecule has 0 amide bonds. The van der Waals surface area contributed by atoms with Gasteiger partial charge in [0.2, 0.25) is 0 Å². The first-order valence-electron chi connectivity index (χ1n) is 5.38. The predicted octanol–water partition coefficient (Wildman–Crippen LogP) is 2.26. The first-order valence-corrected chi connectivity index (χ1v) is 5.38. The van der Waals surface area contributed by atoms with Crippen molar-refractivity contribution in [3.63, 3.8) is 0 Å². The second-order valence-electron chi connectivity index (χ2n) is 4.69. The Morgan fingerprint density at radius 1 is 1.38 bits per heavy atom. The van der Waals surface area contributed by atoms with Gasteiger partial charge in [-0.15, -0.1) is 0 Å². The molecular formula is C12H18N2O2. The van der Waals surface area contributed by atoms with Crippen LogP contribution < -0.4 is 0 Å². The molecule has 0 radical (unpaired) electrons. The fourth-order valence-corrected chi connectivity index (χ4v) is 1.21. The monoisotopic (exact) mass is 222 g/mol. The first-order chi connectivity index (χ1) is 7.34. The van der Waals surface area contributed by atoms with Gasteiger partial charge in [0.25, 0.3) is 0 Å². The molecule has 0 atom stereocenters. The topological polar surface area (TPSA) is 52.1 Å². The van der Waals surface area contributed by atoms with Gasteiger partial charge in [-0.3, -0.25) is 0 Å². The number of carbonyl (C=O) groups is 1. The minimum atomic E-state index is -0.390. The molecule has 0 spiro atoms. The summed E-state index contributed by atoms with van der Waals surface area (Å²) in [6.45, 7) is 10.0. The first kappa shape index (κ1) is 12.6. The van der Waals surface area contributed by atoms with Crippen LogP contribution in [-0.2, 0) is 10.2 Å². The Balaban J connectivity index is 3.13. The molecule has 0 aliphatic carbocycles. The van der Waals surface area contributed by atoms with Gasteiger partial charge in [0.05, 0.1) is 6.61 Å². The lowest BCUT2D eigenvalue weighted by Crippen LogP contribution is -2.19. The van der Waals surface area contributed by atoms with Gasteiger partial charge in [-0.25, -0.2) is 14.8 Å². The van der Waals surface area contributed by atoms with Gasteiger partial charge < -0.3 is 4.74 Å². The maximum atomic E-state index is 11.6. The van der Waals surface area contributed by atoms with Gasteiger partial charge in [-0.1, -0.05) is 20.8 Å². The lowest BCUT2D eigenvalue weighted by atomic mass is 9.95. The fraction of sp³-hybridized carbons (Fsp3) is 0.583. The molecule has 0 fully saturated rings. The van der Waals surface area contributed by atoms with Crippen LogP contribution >= 0.6 is 0 Å². The van der Waals surface area contributed by atoms with E-state index in [2.05, 4.69) is 9.97 Å². The van der Waals surface area contributed by atoms with Gasteiger partial charge in [-0.2, -0.15) is 0 Å². The lowest BCUT2D eigenvalue weighted by Gasteiger charge is -2.17. The molecule has 0 aliphatic heterocycles. The highest BCUT2D eigenvalue weighted by molar-refractivity contribution is 5.87. The normalized spacial score (nSPS) is 11.3. The van der Waals surface area contributed by atoms with E-state index in [0.29, 0.717) is 18.1 Å². The van der Waals surface area contributed by atoms with E-state index in [1.165, 1.54) is 0 Å². The van der Waals surface area contributed by atoms with Crippen LogP contribution in [0.25, 0.3) is 0 Å². The number of hydrogen-bond donors (Lipinski definition) is 0. The summed E-state index contributed by atoms with van der Waals surface area (Å²) in [5.41, 5.74) is 0.940. The van der Waals surface area contributed by atoms with Crippen molar-refractivity contribution in [1.29, 1.82) is 0 Å². The van der Waals surface area contributed by atoms with Crippen LogP contribution in [0.2, 0.25) is 0 Å². The fourth-order valence-electron chi connectivity index (χ4n) is 1.21. The van der Waals surface area contributed by atoms with Crippen molar-refractivity contribution in [2.24, 2.45) is 0 Å². The molecule has 4 nitrogen and oxygen atoms in total. The molecule has 88 valence electrons. The molecule has 0 bridgehead atoms. The molecular weight excluding hydrogens is 204 g/mol. The summed E-state index contributed by atoms with van der Waals surface area (Å²) >= 11 is 0. The molecule has 1 aromatic rings. The maximum absolute atomic E-state index is 11.6. The summed E-state index contributed by atoms with van der Waals surface area (Å²) in [6, 6.07) is 1.65. The van der Waals surface area contributed by atoms with E-state index in [0.717, 1.165) is 5.69 Å². The Bertz CT molecular complexity index is 394. The molecule has 1 rings (SSSR count). The van der Waals surface area contributed by atoms with Gasteiger partial charge in [0.1, 0.15) is 5.82 Å². The number of nitrogens with zero attached hydrogens (tertiary/aromatic N) is 2. The molecule has 0 saturated heterocycles. The van der Waals surface area contributed by atoms with E-state index in [4.69, 9.17) is 4.74 Å². The van der Waals surface area contributed by atoms with Crippen molar-refractivity contribution in [3.05, 3.63) is 23.3 Å². The molecule has 1 heterocycles. The number of ether oxygens (including phenoxy) is 1. The van der Waals surface area contributed by atoms with Gasteiger partial charge in [0.15, 0.2) is 5.69 Å². The Morgan fingerprint density at radius 2 is 2.00 bits per heavy atom. The van der Waals surface area contributed by atoms with Crippen LogP contribution in [0, 0.1) is 6.92 Å². The summed E-state index contributed by atoms with van der Waals surface area (Å²) in [4.78, 5) is 20.1. The zero-order chi connectivity index (χ0) is 12.3. The molecule has 0 aromatic carbocycles. The lowest BCUT2D eigenvalue weighted by molar-refractivity contribution is 0.0518. The molecule has 1 aromatic heterocycles. The average molecular weight is 222 g/mol. The van der Waals surface area contributed by atoms with Gasteiger partial charge in [0, 0.05) is 11.1 Å². The highest BCUT2D eigenvalue weighted by Gasteiger charge is 2.20. The summed E-state index contributed by atoms with van der Waals surface area (Å²) in [5.74, 6) is 0.272. The number of rotatable bonds is 2. The summed E-state index contributed by atoms with van der Waals surface area (Å²) < 4.78 is 4.92. The third kappa shape index (κ3) is 3.02. The van der Waals surface area contributed by atoms with Crippen LogP contribution in [0.5, 0.6) is 0 Å². The van der Waals surface area contributed by atoms with E-state index in [-0.39, 0.29) is 5.41 Å². The molecule has 0 N–H and O–H groups in total. The van der Waals surface area contributed by atoms with E-state index in [1.807, 2.05) is 27.7 Å². The van der Waals surface area contributed by atoms with Crippen LogP contribution in [0.3, 0.4) is 0 Å². The molecule has 16 heavy (non-hydrogen) atoms. The molecule has 4 heteroatoms. The standard InChI is InChI=1S/C12H18N2O2/c1-6-16-10(15)9-7-8(2)13-11(14-9)12(3,4)5/h7H,6H2,1-5H3. The second kappa shape index (κ2) is 4.60. The number of aromatic nitrogens is 2. The summed E-state index contributed by atoms with van der Waals surface area (Å²) in [7, 11) is 0. The average Bonchev–Trinajstić information content (AvgIpc) is 2.16. The summed E-state index contributed by atoms with van der Waals surface area (Å²) in [5, 5.41) is 0. The minimum Gasteiger partial charge on any atom is -0.461 e. The van der Waals surface area contributed by atoms with Gasteiger partial charge >= 0.3 is 5.97 Å². The maximum Gasteiger partial charge on any atom is 0.357 e. The Hall–Kier alpha value is -1.45. The number of aryl methyl sites for hydroxylation is 1. The Morgan fingerprint density at radius 3 is 2.50 bits per heavy atom. The second-order valence-corrected chi connectivity index (χ2v) is 4.69. The van der Waals surface area contributed by atoms with Gasteiger partial charge in [-0.05, 0) is 19.9 Å². The largest absolute Gasteiger partial charge is 0.461 e. The van der Waals surface area contributed by atoms with E-state index < -0.39 is 5.97 Å². The smallest absolute Gasteiger partial charge is 0.357 e. The van der Waals surface area contributed by atoms with E-state index in [9.17, 15) is 4.79 Å². The van der Waals surface area contributed by atoms with Crippen LogP contribution in [0.15, 0.2) is 6.07 Å². The Kier molecular flexibility index (Phi) is 3.62. The number of carbonyl (C=O) groups excluding carboxylic acids is 1. The van der Waals surface area contributed by atoms with Crippen LogP contribution in [0.4, 0.5) is 0 Å². The SMILES string of the molecule is CCOC(=O)c1cc(C)nc(C(C)(C)C)n1. The molecule has 0 unspecified atom stereocenters.